The van der Waals surface area contributed by atoms with Crippen molar-refractivity contribution >= 4 is 9.84 Å². The van der Waals surface area contributed by atoms with Crippen LogP contribution in [0.5, 0.6) is 0 Å². The summed E-state index contributed by atoms with van der Waals surface area (Å²) in [7, 11) is -3.33. The van der Waals surface area contributed by atoms with Gasteiger partial charge in [0.05, 0.1) is 0 Å². The second-order valence-electron chi connectivity index (χ2n) is 3.03. The highest BCUT2D eigenvalue weighted by atomic mass is 32.2. The highest BCUT2D eigenvalue weighted by Gasteiger charge is 2.12. The molecule has 4 heteroatoms. The first-order valence-electron chi connectivity index (χ1n) is 4.76. The van der Waals surface area contributed by atoms with Crippen molar-refractivity contribution in [1.29, 1.82) is 0 Å². The summed E-state index contributed by atoms with van der Waals surface area (Å²) < 4.78 is 23.3. The van der Waals surface area contributed by atoms with Gasteiger partial charge in [0.25, 0.3) is 0 Å². The Labute approximate surface area is 90.5 Å². The van der Waals surface area contributed by atoms with Gasteiger partial charge in [-0.2, -0.15) is 0 Å². The molecule has 1 aromatic heterocycles. The van der Waals surface area contributed by atoms with E-state index in [4.69, 9.17) is 0 Å². The zero-order valence-electron chi connectivity index (χ0n) is 8.60. The number of hydrogen-bond donors (Lipinski definition) is 0. The van der Waals surface area contributed by atoms with Crippen molar-refractivity contribution in [2.45, 2.75) is 24.8 Å². The van der Waals surface area contributed by atoms with Crippen molar-refractivity contribution in [1.82, 2.24) is 4.98 Å². The number of rotatable bonds is 3. The summed E-state index contributed by atoms with van der Waals surface area (Å²) in [5.74, 6) is 5.30. The molecule has 0 saturated carbocycles. The Bertz CT molecular complexity index is 454. The monoisotopic (exact) mass is 223 g/mol. The molecule has 3 nitrogen and oxygen atoms in total. The quantitative estimate of drug-likeness (QED) is 0.732. The molecule has 1 heterocycles. The predicted octanol–water partition coefficient (Wildman–Crippen LogP) is 1.66. The molecule has 0 spiro atoms. The Morgan fingerprint density at radius 3 is 2.73 bits per heavy atom. The largest absolute Gasteiger partial charge is 0.245 e. The number of nitrogens with zero attached hydrogens (tertiary/aromatic N) is 1. The van der Waals surface area contributed by atoms with Crippen LogP contribution in [0.4, 0.5) is 0 Å². The van der Waals surface area contributed by atoms with E-state index in [9.17, 15) is 8.42 Å². The lowest BCUT2D eigenvalue weighted by Crippen LogP contribution is -2.06. The summed E-state index contributed by atoms with van der Waals surface area (Å²) in [6, 6.07) is 4.82. The van der Waals surface area contributed by atoms with Crippen molar-refractivity contribution < 1.29 is 8.42 Å². The highest BCUT2D eigenvalue weighted by Crippen LogP contribution is 2.05. The number of pyridine rings is 1. The Hall–Kier alpha value is -1.34. The van der Waals surface area contributed by atoms with Gasteiger partial charge in [-0.1, -0.05) is 18.9 Å². The van der Waals surface area contributed by atoms with Crippen molar-refractivity contribution in [3.63, 3.8) is 0 Å². The van der Waals surface area contributed by atoms with Gasteiger partial charge >= 0.3 is 0 Å². The van der Waals surface area contributed by atoms with Gasteiger partial charge < -0.3 is 0 Å². The first-order chi connectivity index (χ1) is 7.17. The van der Waals surface area contributed by atoms with E-state index in [-0.39, 0.29) is 10.8 Å². The summed E-state index contributed by atoms with van der Waals surface area (Å²) in [5.41, 5.74) is 0. The Morgan fingerprint density at radius 1 is 1.33 bits per heavy atom. The lowest BCUT2D eigenvalue weighted by molar-refractivity contribution is 0.596. The molecule has 1 rings (SSSR count). The summed E-state index contributed by atoms with van der Waals surface area (Å²) in [6.45, 7) is 2.00. The van der Waals surface area contributed by atoms with E-state index in [1.54, 1.807) is 12.1 Å². The molecule has 0 atom stereocenters. The van der Waals surface area contributed by atoms with Crippen LogP contribution in [0.2, 0.25) is 0 Å². The third-order valence-electron chi connectivity index (χ3n) is 1.72. The van der Waals surface area contributed by atoms with E-state index < -0.39 is 9.84 Å². The molecule has 0 saturated heterocycles. The maximum atomic E-state index is 11.6. The zero-order chi connectivity index (χ0) is 11.1. The Kier molecular flexibility index (Phi) is 4.32. The van der Waals surface area contributed by atoms with Crippen LogP contribution in [0, 0.1) is 11.8 Å². The minimum absolute atomic E-state index is 0.0933. The predicted molar refractivity (Wildman–Crippen MR) is 59.0 cm³/mol. The fraction of sp³-hybridized carbons (Fsp3) is 0.364. The van der Waals surface area contributed by atoms with Crippen LogP contribution < -0.4 is 0 Å². The van der Waals surface area contributed by atoms with Crippen LogP contribution in [-0.2, 0) is 9.84 Å². The summed E-state index contributed by atoms with van der Waals surface area (Å²) in [6.07, 6.45) is 3.14. The van der Waals surface area contributed by atoms with Crippen LogP contribution >= 0.6 is 0 Å². The van der Waals surface area contributed by atoms with Crippen molar-refractivity contribution in [2.75, 3.05) is 5.75 Å². The normalized spacial score (nSPS) is 10.5. The molecule has 80 valence electrons. The van der Waals surface area contributed by atoms with Crippen LogP contribution in [0.1, 0.15) is 19.8 Å². The maximum absolute atomic E-state index is 11.6. The molecule has 0 aromatic carbocycles. The van der Waals surface area contributed by atoms with Gasteiger partial charge in [0.2, 0.25) is 9.84 Å². The summed E-state index contributed by atoms with van der Waals surface area (Å²) in [5, 5.41) is 0.0933. The average Bonchev–Trinajstić information content (AvgIpc) is 2.26. The molecule has 0 aliphatic heterocycles. The summed E-state index contributed by atoms with van der Waals surface area (Å²) >= 11 is 0. The number of hydrogen-bond acceptors (Lipinski definition) is 3. The third-order valence-corrected chi connectivity index (χ3v) is 3.12. The van der Waals surface area contributed by atoms with Gasteiger partial charge in [0.15, 0.2) is 5.03 Å². The van der Waals surface area contributed by atoms with Gasteiger partial charge in [-0.25, -0.2) is 13.4 Å². The highest BCUT2D eigenvalue weighted by molar-refractivity contribution is 7.91. The molecular formula is C11H13NO2S. The second kappa shape index (κ2) is 5.52. The number of sulfone groups is 1. The Morgan fingerprint density at radius 2 is 2.13 bits per heavy atom. The molecule has 0 radical (unpaired) electrons. The summed E-state index contributed by atoms with van der Waals surface area (Å²) in [4.78, 5) is 3.79. The lowest BCUT2D eigenvalue weighted by atomic mass is 10.3. The SMILES string of the molecule is CCCC#CCS(=O)(=O)c1ccccn1. The third kappa shape index (κ3) is 3.72. The fourth-order valence-electron chi connectivity index (χ4n) is 0.964. The molecule has 1 aromatic rings. The molecule has 15 heavy (non-hydrogen) atoms. The first-order valence-corrected chi connectivity index (χ1v) is 6.41. The minimum Gasteiger partial charge on any atom is -0.245 e. The van der Waals surface area contributed by atoms with E-state index in [0.717, 1.165) is 12.8 Å². The van der Waals surface area contributed by atoms with Crippen molar-refractivity contribution in [2.24, 2.45) is 0 Å². The topological polar surface area (TPSA) is 47.0 Å². The Balaban J connectivity index is 2.74. The molecule has 0 unspecified atom stereocenters. The fourth-order valence-corrected chi connectivity index (χ4v) is 1.91. The average molecular weight is 223 g/mol. The first kappa shape index (κ1) is 11.7. The lowest BCUT2D eigenvalue weighted by Gasteiger charge is -1.97. The van der Waals surface area contributed by atoms with Gasteiger partial charge in [-0.05, 0) is 18.6 Å². The molecule has 0 aliphatic carbocycles. The van der Waals surface area contributed by atoms with E-state index in [2.05, 4.69) is 16.8 Å². The molecule has 0 N–H and O–H groups in total. The van der Waals surface area contributed by atoms with E-state index in [0.29, 0.717) is 0 Å². The van der Waals surface area contributed by atoms with E-state index in [1.165, 1.54) is 12.3 Å². The van der Waals surface area contributed by atoms with Crippen molar-refractivity contribution in [3.05, 3.63) is 24.4 Å². The van der Waals surface area contributed by atoms with E-state index >= 15 is 0 Å². The van der Waals surface area contributed by atoms with E-state index in [1.807, 2.05) is 6.92 Å². The van der Waals surface area contributed by atoms with Crippen LogP contribution in [-0.4, -0.2) is 19.2 Å². The molecule has 0 aliphatic rings. The molecule has 0 bridgehead atoms. The molecule has 0 amide bonds. The zero-order valence-corrected chi connectivity index (χ0v) is 9.42. The maximum Gasteiger partial charge on any atom is 0.206 e. The molecular weight excluding hydrogens is 210 g/mol. The minimum atomic E-state index is -3.33. The van der Waals surface area contributed by atoms with Gasteiger partial charge in [-0.15, -0.1) is 5.92 Å². The second-order valence-corrected chi connectivity index (χ2v) is 4.97. The van der Waals surface area contributed by atoms with Gasteiger partial charge in [0, 0.05) is 12.6 Å². The smallest absolute Gasteiger partial charge is 0.206 e. The van der Waals surface area contributed by atoms with Crippen molar-refractivity contribution in [3.8, 4) is 11.8 Å². The van der Waals surface area contributed by atoms with Gasteiger partial charge in [-0.3, -0.25) is 0 Å². The van der Waals surface area contributed by atoms with Crippen LogP contribution in [0.15, 0.2) is 29.4 Å². The van der Waals surface area contributed by atoms with Crippen LogP contribution in [0.25, 0.3) is 0 Å². The van der Waals surface area contributed by atoms with Crippen LogP contribution in [0.3, 0.4) is 0 Å². The number of unbranched alkanes of at least 4 members (excludes halogenated alkanes) is 1. The van der Waals surface area contributed by atoms with Gasteiger partial charge in [0.1, 0.15) is 5.75 Å². The number of aromatic nitrogens is 1. The molecule has 0 fully saturated rings. The standard InChI is InChI=1S/C11H13NO2S/c1-2-3-4-7-10-15(13,14)11-8-5-6-9-12-11/h5-6,8-9H,2-3,10H2,1H3.